The van der Waals surface area contributed by atoms with Crippen LogP contribution in [0.25, 0.3) is 0 Å². The molecule has 2 amide bonds. The van der Waals surface area contributed by atoms with E-state index in [4.69, 9.17) is 4.74 Å². The molecule has 0 bridgehead atoms. The van der Waals surface area contributed by atoms with E-state index < -0.39 is 12.0 Å². The molecular weight excluding hydrogens is 359 g/mol. The summed E-state index contributed by atoms with van der Waals surface area (Å²) in [6.07, 6.45) is -0.865. The van der Waals surface area contributed by atoms with Crippen LogP contribution in [0, 0.1) is 5.82 Å². The number of ether oxygens (including phenoxy) is 1. The van der Waals surface area contributed by atoms with Gasteiger partial charge in [-0.05, 0) is 55.5 Å². The van der Waals surface area contributed by atoms with Crippen LogP contribution in [-0.4, -0.2) is 17.9 Å². The van der Waals surface area contributed by atoms with E-state index in [1.54, 1.807) is 43.3 Å². The topological polar surface area (TPSA) is 67.4 Å². The molecule has 0 spiro atoms. The number of amides is 2. The van der Waals surface area contributed by atoms with Gasteiger partial charge in [-0.3, -0.25) is 9.59 Å². The molecule has 3 rings (SSSR count). The van der Waals surface area contributed by atoms with Gasteiger partial charge in [-0.15, -0.1) is 0 Å². The molecule has 0 saturated carbocycles. The Morgan fingerprint density at radius 2 is 1.43 bits per heavy atom. The van der Waals surface area contributed by atoms with Crippen molar-refractivity contribution >= 4 is 23.2 Å². The fourth-order valence-electron chi connectivity index (χ4n) is 2.50. The Hall–Kier alpha value is -3.67. The van der Waals surface area contributed by atoms with E-state index in [2.05, 4.69) is 10.6 Å². The number of rotatable bonds is 6. The maximum Gasteiger partial charge on any atom is 0.265 e. The van der Waals surface area contributed by atoms with Crippen LogP contribution in [0.15, 0.2) is 78.9 Å². The summed E-state index contributed by atoms with van der Waals surface area (Å²) in [7, 11) is 0. The lowest BCUT2D eigenvalue weighted by Crippen LogP contribution is -2.30. The molecule has 28 heavy (non-hydrogen) atoms. The van der Waals surface area contributed by atoms with E-state index in [1.165, 1.54) is 24.3 Å². The van der Waals surface area contributed by atoms with E-state index in [1.807, 2.05) is 18.2 Å². The summed E-state index contributed by atoms with van der Waals surface area (Å²) in [5.74, 6) is -0.851. The molecule has 0 aliphatic carbocycles. The van der Waals surface area contributed by atoms with E-state index >= 15 is 0 Å². The predicted octanol–water partition coefficient (Wildman–Crippen LogP) is 4.48. The zero-order valence-corrected chi connectivity index (χ0v) is 15.2. The van der Waals surface area contributed by atoms with Crippen molar-refractivity contribution in [3.63, 3.8) is 0 Å². The second-order valence-corrected chi connectivity index (χ2v) is 6.07. The van der Waals surface area contributed by atoms with Gasteiger partial charge in [0.2, 0.25) is 0 Å². The first-order chi connectivity index (χ1) is 13.5. The summed E-state index contributed by atoms with van der Waals surface area (Å²) in [5.41, 5.74) is 1.43. The summed E-state index contributed by atoms with van der Waals surface area (Å²) < 4.78 is 18.7. The summed E-state index contributed by atoms with van der Waals surface area (Å²) in [6, 6.07) is 21.2. The Morgan fingerprint density at radius 3 is 2.14 bits per heavy atom. The second-order valence-electron chi connectivity index (χ2n) is 6.07. The van der Waals surface area contributed by atoms with Crippen LogP contribution in [0.2, 0.25) is 0 Å². The lowest BCUT2D eigenvalue weighted by molar-refractivity contribution is -0.122. The number of carbonyl (C=O) groups excluding carboxylic acids is 2. The Balaban J connectivity index is 1.69. The Bertz CT molecular complexity index is 959. The Labute approximate surface area is 162 Å². The molecule has 0 saturated heterocycles. The van der Waals surface area contributed by atoms with Crippen LogP contribution in [0.1, 0.15) is 17.3 Å². The number of anilines is 2. The average Bonchev–Trinajstić information content (AvgIpc) is 2.70. The molecule has 0 aliphatic rings. The van der Waals surface area contributed by atoms with Crippen molar-refractivity contribution in [3.05, 3.63) is 90.2 Å². The van der Waals surface area contributed by atoms with Gasteiger partial charge in [-0.1, -0.05) is 30.3 Å². The molecule has 0 radical (unpaired) electrons. The fourth-order valence-corrected chi connectivity index (χ4v) is 2.50. The third kappa shape index (κ3) is 4.94. The number of hydrogen-bond donors (Lipinski definition) is 2. The molecule has 0 aliphatic heterocycles. The van der Waals surface area contributed by atoms with Gasteiger partial charge < -0.3 is 15.4 Å². The van der Waals surface area contributed by atoms with E-state index in [0.717, 1.165) is 0 Å². The smallest absolute Gasteiger partial charge is 0.265 e. The van der Waals surface area contributed by atoms with Crippen LogP contribution in [0.5, 0.6) is 5.75 Å². The van der Waals surface area contributed by atoms with Crippen LogP contribution >= 0.6 is 0 Å². The second kappa shape index (κ2) is 8.81. The summed E-state index contributed by atoms with van der Waals surface area (Å²) in [4.78, 5) is 24.9. The summed E-state index contributed by atoms with van der Waals surface area (Å²) >= 11 is 0. The fraction of sp³-hybridized carbons (Fsp3) is 0.0909. The highest BCUT2D eigenvalue weighted by atomic mass is 19.1. The zero-order chi connectivity index (χ0) is 19.9. The first kappa shape index (κ1) is 19.1. The molecule has 3 aromatic carbocycles. The van der Waals surface area contributed by atoms with Crippen molar-refractivity contribution < 1.29 is 18.7 Å². The van der Waals surface area contributed by atoms with Crippen molar-refractivity contribution in [1.29, 1.82) is 0 Å². The van der Waals surface area contributed by atoms with Gasteiger partial charge in [0, 0.05) is 11.4 Å². The lowest BCUT2D eigenvalue weighted by Gasteiger charge is -2.17. The molecule has 142 valence electrons. The molecule has 2 N–H and O–H groups in total. The molecule has 1 atom stereocenters. The molecule has 0 aromatic heterocycles. The molecule has 6 heteroatoms. The number of nitrogens with one attached hydrogen (secondary N) is 2. The van der Waals surface area contributed by atoms with Crippen molar-refractivity contribution in [2.24, 2.45) is 0 Å². The third-order valence-corrected chi connectivity index (χ3v) is 3.95. The van der Waals surface area contributed by atoms with E-state index in [-0.39, 0.29) is 17.5 Å². The average molecular weight is 378 g/mol. The SMILES string of the molecule is C[C@H](Oc1ccccc1C(=O)Nc1ccccc1)C(=O)Nc1ccc(F)cc1. The van der Waals surface area contributed by atoms with Crippen molar-refractivity contribution in [2.75, 3.05) is 10.6 Å². The minimum absolute atomic E-state index is 0.290. The van der Waals surface area contributed by atoms with Gasteiger partial charge in [-0.2, -0.15) is 0 Å². The van der Waals surface area contributed by atoms with Gasteiger partial charge >= 0.3 is 0 Å². The quantitative estimate of drug-likeness (QED) is 0.664. The molecule has 3 aromatic rings. The van der Waals surface area contributed by atoms with E-state index in [9.17, 15) is 14.0 Å². The molecule has 0 fully saturated rings. The number of carbonyl (C=O) groups is 2. The van der Waals surface area contributed by atoms with Gasteiger partial charge in [-0.25, -0.2) is 4.39 Å². The van der Waals surface area contributed by atoms with Crippen LogP contribution in [-0.2, 0) is 4.79 Å². The molecule has 0 heterocycles. The minimum atomic E-state index is -0.865. The first-order valence-electron chi connectivity index (χ1n) is 8.71. The first-order valence-corrected chi connectivity index (χ1v) is 8.71. The van der Waals surface area contributed by atoms with Crippen LogP contribution < -0.4 is 15.4 Å². The maximum atomic E-state index is 13.0. The Morgan fingerprint density at radius 1 is 0.821 bits per heavy atom. The lowest BCUT2D eigenvalue weighted by atomic mass is 10.1. The predicted molar refractivity (Wildman–Crippen MR) is 106 cm³/mol. The molecule has 5 nitrogen and oxygen atoms in total. The van der Waals surface area contributed by atoms with Crippen LogP contribution in [0.4, 0.5) is 15.8 Å². The normalized spacial score (nSPS) is 11.4. The monoisotopic (exact) mass is 378 g/mol. The summed E-state index contributed by atoms with van der Waals surface area (Å²) in [6.45, 7) is 1.57. The zero-order valence-electron chi connectivity index (χ0n) is 15.2. The van der Waals surface area contributed by atoms with Gasteiger partial charge in [0.25, 0.3) is 11.8 Å². The Kier molecular flexibility index (Phi) is 6.01. The minimum Gasteiger partial charge on any atom is -0.480 e. The third-order valence-electron chi connectivity index (χ3n) is 3.95. The number of benzene rings is 3. The van der Waals surface area contributed by atoms with Crippen molar-refractivity contribution in [2.45, 2.75) is 13.0 Å². The highest BCUT2D eigenvalue weighted by Gasteiger charge is 2.19. The number of halogens is 1. The van der Waals surface area contributed by atoms with Gasteiger partial charge in [0.05, 0.1) is 5.56 Å². The highest BCUT2D eigenvalue weighted by Crippen LogP contribution is 2.21. The summed E-state index contributed by atoms with van der Waals surface area (Å²) in [5, 5.41) is 5.44. The highest BCUT2D eigenvalue weighted by molar-refractivity contribution is 6.06. The van der Waals surface area contributed by atoms with E-state index in [0.29, 0.717) is 16.9 Å². The maximum absolute atomic E-state index is 13.0. The largest absolute Gasteiger partial charge is 0.480 e. The van der Waals surface area contributed by atoms with Crippen molar-refractivity contribution in [1.82, 2.24) is 0 Å². The molecular formula is C22H19FN2O3. The van der Waals surface area contributed by atoms with Crippen LogP contribution in [0.3, 0.4) is 0 Å². The van der Waals surface area contributed by atoms with Crippen molar-refractivity contribution in [3.8, 4) is 5.75 Å². The van der Waals surface area contributed by atoms with Gasteiger partial charge in [0.15, 0.2) is 6.10 Å². The number of para-hydroxylation sites is 2. The molecule has 0 unspecified atom stereocenters. The number of hydrogen-bond acceptors (Lipinski definition) is 3. The van der Waals surface area contributed by atoms with Gasteiger partial charge in [0.1, 0.15) is 11.6 Å². The standard InChI is InChI=1S/C22H19FN2O3/c1-15(21(26)24-18-13-11-16(23)12-14-18)28-20-10-6-5-9-19(20)22(27)25-17-7-3-2-4-8-17/h2-15H,1H3,(H,24,26)(H,25,27)/t15-/m0/s1.